The van der Waals surface area contributed by atoms with Gasteiger partial charge in [-0.05, 0) is 48.9 Å². The van der Waals surface area contributed by atoms with E-state index in [-0.39, 0.29) is 5.91 Å². The van der Waals surface area contributed by atoms with Gasteiger partial charge in [0.2, 0.25) is 0 Å². The lowest BCUT2D eigenvalue weighted by atomic mass is 10.1. The van der Waals surface area contributed by atoms with Gasteiger partial charge in [-0.1, -0.05) is 6.07 Å². The summed E-state index contributed by atoms with van der Waals surface area (Å²) in [6.07, 6.45) is 0. The predicted octanol–water partition coefficient (Wildman–Crippen LogP) is 2.84. The van der Waals surface area contributed by atoms with E-state index in [9.17, 15) is 4.79 Å². The van der Waals surface area contributed by atoms with Gasteiger partial charge in [0.15, 0.2) is 0 Å². The zero-order chi connectivity index (χ0) is 13.8. The quantitative estimate of drug-likeness (QED) is 0.830. The van der Waals surface area contributed by atoms with Gasteiger partial charge in [0.1, 0.15) is 5.75 Å². The number of anilines is 2. The summed E-state index contributed by atoms with van der Waals surface area (Å²) < 4.78 is 5.09. The second kappa shape index (κ2) is 5.44. The van der Waals surface area contributed by atoms with Crippen LogP contribution in [0.1, 0.15) is 15.9 Å². The van der Waals surface area contributed by atoms with Crippen molar-refractivity contribution in [1.82, 2.24) is 0 Å². The van der Waals surface area contributed by atoms with Crippen LogP contribution in [0.3, 0.4) is 0 Å². The highest BCUT2D eigenvalue weighted by atomic mass is 16.5. The third-order valence-electron chi connectivity index (χ3n) is 2.86. The third-order valence-corrected chi connectivity index (χ3v) is 2.86. The number of aryl methyl sites for hydroxylation is 1. The molecule has 4 heteroatoms. The summed E-state index contributed by atoms with van der Waals surface area (Å²) in [6, 6.07) is 12.4. The fourth-order valence-corrected chi connectivity index (χ4v) is 1.72. The van der Waals surface area contributed by atoms with Gasteiger partial charge in [-0.2, -0.15) is 0 Å². The van der Waals surface area contributed by atoms with Crippen LogP contribution in [-0.2, 0) is 0 Å². The van der Waals surface area contributed by atoms with Crippen molar-refractivity contribution in [3.63, 3.8) is 0 Å². The maximum Gasteiger partial charge on any atom is 0.255 e. The lowest BCUT2D eigenvalue weighted by Crippen LogP contribution is -2.12. The third kappa shape index (κ3) is 3.04. The predicted molar refractivity (Wildman–Crippen MR) is 76.5 cm³/mol. The van der Waals surface area contributed by atoms with E-state index in [1.807, 2.05) is 13.0 Å². The largest absolute Gasteiger partial charge is 0.497 e. The average molecular weight is 256 g/mol. The number of hydrogen-bond acceptors (Lipinski definition) is 3. The van der Waals surface area contributed by atoms with Crippen molar-refractivity contribution >= 4 is 17.3 Å². The van der Waals surface area contributed by atoms with Crippen molar-refractivity contribution in [1.29, 1.82) is 0 Å². The van der Waals surface area contributed by atoms with Gasteiger partial charge in [-0.3, -0.25) is 4.79 Å². The number of amides is 1. The van der Waals surface area contributed by atoms with Gasteiger partial charge in [0, 0.05) is 16.9 Å². The van der Waals surface area contributed by atoms with E-state index >= 15 is 0 Å². The number of nitrogens with two attached hydrogens (primary N) is 1. The molecule has 2 aromatic carbocycles. The number of nitrogen functional groups attached to an aromatic ring is 1. The molecule has 4 nitrogen and oxygen atoms in total. The first-order chi connectivity index (χ1) is 9.10. The van der Waals surface area contributed by atoms with E-state index in [1.165, 1.54) is 0 Å². The normalized spacial score (nSPS) is 10.0. The maximum absolute atomic E-state index is 12.1. The zero-order valence-corrected chi connectivity index (χ0v) is 10.9. The number of carbonyl (C=O) groups excluding carboxylic acids is 1. The Hall–Kier alpha value is -2.49. The van der Waals surface area contributed by atoms with E-state index in [1.54, 1.807) is 43.5 Å². The Labute approximate surface area is 112 Å². The Morgan fingerprint density at radius 2 is 2.00 bits per heavy atom. The number of hydrogen-bond donors (Lipinski definition) is 2. The zero-order valence-electron chi connectivity index (χ0n) is 10.9. The summed E-state index contributed by atoms with van der Waals surface area (Å²) in [6.45, 7) is 1.90. The Bertz CT molecular complexity index is 609. The van der Waals surface area contributed by atoms with Crippen LogP contribution in [0.5, 0.6) is 5.75 Å². The Balaban J connectivity index is 2.18. The van der Waals surface area contributed by atoms with Crippen LogP contribution in [0.15, 0.2) is 42.5 Å². The number of carbonyl (C=O) groups is 1. The van der Waals surface area contributed by atoms with Crippen LogP contribution in [0.2, 0.25) is 0 Å². The van der Waals surface area contributed by atoms with Gasteiger partial charge in [-0.15, -0.1) is 0 Å². The highest BCUT2D eigenvalue weighted by Crippen LogP contribution is 2.18. The van der Waals surface area contributed by atoms with Crippen LogP contribution in [0.25, 0.3) is 0 Å². The Morgan fingerprint density at radius 1 is 1.21 bits per heavy atom. The molecule has 0 bridgehead atoms. The fraction of sp³-hybridized carbons (Fsp3) is 0.133. The maximum atomic E-state index is 12.1. The lowest BCUT2D eigenvalue weighted by molar-refractivity contribution is 0.102. The Morgan fingerprint density at radius 3 is 2.68 bits per heavy atom. The molecule has 0 aliphatic carbocycles. The molecule has 3 N–H and O–H groups in total. The van der Waals surface area contributed by atoms with Crippen LogP contribution in [0.4, 0.5) is 11.4 Å². The first kappa shape index (κ1) is 13.0. The van der Waals surface area contributed by atoms with Gasteiger partial charge >= 0.3 is 0 Å². The first-order valence-electron chi connectivity index (χ1n) is 5.91. The van der Waals surface area contributed by atoms with Crippen LogP contribution >= 0.6 is 0 Å². The molecule has 1 amide bonds. The molecular weight excluding hydrogens is 240 g/mol. The van der Waals surface area contributed by atoms with E-state index in [0.29, 0.717) is 17.0 Å². The van der Waals surface area contributed by atoms with Crippen LogP contribution in [0, 0.1) is 6.92 Å². The second-order valence-corrected chi connectivity index (χ2v) is 4.26. The smallest absolute Gasteiger partial charge is 0.255 e. The summed E-state index contributed by atoms with van der Waals surface area (Å²) in [5.74, 6) is 0.476. The molecule has 0 aliphatic heterocycles. The molecule has 0 aliphatic rings. The molecule has 0 saturated carbocycles. The molecule has 2 rings (SSSR count). The van der Waals surface area contributed by atoms with Crippen LogP contribution < -0.4 is 15.8 Å². The van der Waals surface area contributed by atoms with Crippen LogP contribution in [-0.4, -0.2) is 13.0 Å². The summed E-state index contributed by atoms with van der Waals surface area (Å²) in [7, 11) is 1.57. The number of methoxy groups -OCH3 is 1. The minimum atomic E-state index is -0.178. The monoisotopic (exact) mass is 256 g/mol. The van der Waals surface area contributed by atoms with E-state index in [2.05, 4.69) is 5.32 Å². The van der Waals surface area contributed by atoms with Crippen molar-refractivity contribution in [2.24, 2.45) is 0 Å². The summed E-state index contributed by atoms with van der Waals surface area (Å²) >= 11 is 0. The molecule has 0 atom stereocenters. The molecule has 98 valence electrons. The van der Waals surface area contributed by atoms with Crippen molar-refractivity contribution in [2.75, 3.05) is 18.2 Å². The van der Waals surface area contributed by atoms with Crippen molar-refractivity contribution in [3.8, 4) is 5.75 Å². The molecule has 0 spiro atoms. The highest BCUT2D eigenvalue weighted by Gasteiger charge is 2.07. The fourth-order valence-electron chi connectivity index (χ4n) is 1.72. The average Bonchev–Trinajstić information content (AvgIpc) is 2.43. The van der Waals surface area contributed by atoms with Crippen molar-refractivity contribution in [2.45, 2.75) is 6.92 Å². The van der Waals surface area contributed by atoms with Gasteiger partial charge in [0.25, 0.3) is 5.91 Å². The number of ether oxygens (including phenoxy) is 1. The Kier molecular flexibility index (Phi) is 3.71. The minimum absolute atomic E-state index is 0.178. The number of nitrogens with one attached hydrogen (secondary N) is 1. The molecule has 0 saturated heterocycles. The molecule has 0 heterocycles. The van der Waals surface area contributed by atoms with E-state index in [4.69, 9.17) is 10.5 Å². The van der Waals surface area contributed by atoms with E-state index in [0.717, 1.165) is 11.3 Å². The second-order valence-electron chi connectivity index (χ2n) is 4.26. The van der Waals surface area contributed by atoms with Gasteiger partial charge in [0.05, 0.1) is 7.11 Å². The summed E-state index contributed by atoms with van der Waals surface area (Å²) in [5.41, 5.74) is 8.65. The van der Waals surface area contributed by atoms with Crippen molar-refractivity contribution < 1.29 is 9.53 Å². The molecule has 2 aromatic rings. The molecule has 0 fully saturated rings. The molecule has 0 unspecified atom stereocenters. The first-order valence-corrected chi connectivity index (χ1v) is 5.91. The standard InChI is InChI=1S/C15H16N2O2/c1-10-8-12(6-7-14(10)16)17-15(18)11-4-3-5-13(9-11)19-2/h3-9H,16H2,1-2H3,(H,17,18). The number of benzene rings is 2. The topological polar surface area (TPSA) is 64.3 Å². The number of rotatable bonds is 3. The summed E-state index contributed by atoms with van der Waals surface area (Å²) in [4.78, 5) is 12.1. The molecule has 0 aromatic heterocycles. The SMILES string of the molecule is COc1cccc(C(=O)Nc2ccc(N)c(C)c2)c1. The summed E-state index contributed by atoms with van der Waals surface area (Å²) in [5, 5.41) is 2.83. The molecular formula is C15H16N2O2. The van der Waals surface area contributed by atoms with E-state index < -0.39 is 0 Å². The van der Waals surface area contributed by atoms with Crippen molar-refractivity contribution in [3.05, 3.63) is 53.6 Å². The minimum Gasteiger partial charge on any atom is -0.497 e. The molecule has 19 heavy (non-hydrogen) atoms. The highest BCUT2D eigenvalue weighted by molar-refractivity contribution is 6.04. The van der Waals surface area contributed by atoms with Gasteiger partial charge in [-0.25, -0.2) is 0 Å². The van der Waals surface area contributed by atoms with Gasteiger partial charge < -0.3 is 15.8 Å². The lowest BCUT2D eigenvalue weighted by Gasteiger charge is -2.08. The molecule has 0 radical (unpaired) electrons.